The standard InChI is InChI=1S/C15H15FN4O2/c1-9(21)19-7-13(15-14(8-19)22-15)20-6-12(17-18-20)10-3-2-4-11(16)5-10/h2-6,13-15H,7-8H2,1H3/t13-,14-,15+/m0/s1. The number of hydrogen-bond donors (Lipinski definition) is 0. The van der Waals surface area contributed by atoms with Crippen molar-refractivity contribution < 1.29 is 13.9 Å². The average Bonchev–Trinajstić information content (AvgIpc) is 3.12. The van der Waals surface area contributed by atoms with Crippen LogP contribution in [0.5, 0.6) is 0 Å². The van der Waals surface area contributed by atoms with Gasteiger partial charge in [0.05, 0.1) is 6.20 Å². The maximum Gasteiger partial charge on any atom is 0.219 e. The number of piperidine rings is 1. The van der Waals surface area contributed by atoms with Gasteiger partial charge in [0.1, 0.15) is 29.8 Å². The third-order valence-electron chi connectivity index (χ3n) is 4.22. The minimum absolute atomic E-state index is 0.0319. The first-order valence-corrected chi connectivity index (χ1v) is 7.20. The van der Waals surface area contributed by atoms with Gasteiger partial charge in [0.2, 0.25) is 5.91 Å². The maximum atomic E-state index is 13.3. The summed E-state index contributed by atoms with van der Waals surface area (Å²) in [5.41, 5.74) is 1.29. The Hall–Kier alpha value is -2.28. The number of nitrogens with zero attached hydrogens (tertiary/aromatic N) is 4. The Bertz CT molecular complexity index is 732. The summed E-state index contributed by atoms with van der Waals surface area (Å²) in [5.74, 6) is -0.275. The van der Waals surface area contributed by atoms with Gasteiger partial charge in [0.25, 0.3) is 0 Å². The first-order chi connectivity index (χ1) is 10.6. The summed E-state index contributed by atoms with van der Waals surface area (Å²) in [4.78, 5) is 13.4. The van der Waals surface area contributed by atoms with Crippen molar-refractivity contribution in [2.75, 3.05) is 13.1 Å². The van der Waals surface area contributed by atoms with Crippen LogP contribution < -0.4 is 0 Å². The fourth-order valence-electron chi connectivity index (χ4n) is 2.97. The van der Waals surface area contributed by atoms with Gasteiger partial charge in [-0.15, -0.1) is 5.10 Å². The molecule has 7 heteroatoms. The van der Waals surface area contributed by atoms with Crippen molar-refractivity contribution in [3.05, 3.63) is 36.3 Å². The van der Waals surface area contributed by atoms with Crippen molar-refractivity contribution >= 4 is 5.91 Å². The lowest BCUT2D eigenvalue weighted by Gasteiger charge is -2.28. The molecule has 3 heterocycles. The smallest absolute Gasteiger partial charge is 0.219 e. The summed E-state index contributed by atoms with van der Waals surface area (Å²) in [6.45, 7) is 2.75. The molecule has 2 aliphatic rings. The van der Waals surface area contributed by atoms with E-state index in [-0.39, 0.29) is 30.0 Å². The van der Waals surface area contributed by atoms with Gasteiger partial charge in [0, 0.05) is 25.6 Å². The van der Waals surface area contributed by atoms with Crippen LogP contribution in [0.2, 0.25) is 0 Å². The monoisotopic (exact) mass is 302 g/mol. The molecule has 0 aliphatic carbocycles. The number of hydrogen-bond acceptors (Lipinski definition) is 4. The number of amides is 1. The van der Waals surface area contributed by atoms with E-state index in [9.17, 15) is 9.18 Å². The molecule has 1 amide bonds. The lowest BCUT2D eigenvalue weighted by Crippen LogP contribution is -2.44. The molecule has 3 atom stereocenters. The SMILES string of the molecule is CC(=O)N1C[C@@H]2O[C@@H]2[C@@H](n2cc(-c3cccc(F)c3)nn2)C1. The van der Waals surface area contributed by atoms with Gasteiger partial charge in [0.15, 0.2) is 0 Å². The predicted octanol–water partition coefficient (Wildman–Crippen LogP) is 1.25. The summed E-state index contributed by atoms with van der Waals surface area (Å²) in [5, 5.41) is 8.26. The Morgan fingerprint density at radius 3 is 3.05 bits per heavy atom. The van der Waals surface area contributed by atoms with E-state index in [1.807, 2.05) is 0 Å². The summed E-state index contributed by atoms with van der Waals surface area (Å²) >= 11 is 0. The van der Waals surface area contributed by atoms with Crippen LogP contribution >= 0.6 is 0 Å². The van der Waals surface area contributed by atoms with E-state index in [0.717, 1.165) is 0 Å². The Morgan fingerprint density at radius 2 is 2.27 bits per heavy atom. The molecule has 1 aromatic carbocycles. The van der Waals surface area contributed by atoms with Crippen molar-refractivity contribution in [3.8, 4) is 11.3 Å². The second-order valence-electron chi connectivity index (χ2n) is 5.72. The zero-order chi connectivity index (χ0) is 15.3. The lowest BCUT2D eigenvalue weighted by atomic mass is 10.1. The van der Waals surface area contributed by atoms with Crippen molar-refractivity contribution in [2.45, 2.75) is 25.2 Å². The highest BCUT2D eigenvalue weighted by Gasteiger charge is 2.51. The summed E-state index contributed by atoms with van der Waals surface area (Å²) in [6, 6.07) is 6.20. The van der Waals surface area contributed by atoms with Gasteiger partial charge in [-0.25, -0.2) is 9.07 Å². The predicted molar refractivity (Wildman–Crippen MR) is 75.4 cm³/mol. The number of aromatic nitrogens is 3. The zero-order valence-electron chi connectivity index (χ0n) is 12.0. The van der Waals surface area contributed by atoms with E-state index in [1.54, 1.807) is 34.8 Å². The van der Waals surface area contributed by atoms with E-state index in [1.165, 1.54) is 12.1 Å². The largest absolute Gasteiger partial charge is 0.365 e. The first-order valence-electron chi connectivity index (χ1n) is 7.20. The van der Waals surface area contributed by atoms with Gasteiger partial charge < -0.3 is 9.64 Å². The van der Waals surface area contributed by atoms with Gasteiger partial charge in [-0.05, 0) is 12.1 Å². The first kappa shape index (κ1) is 13.4. The number of likely N-dealkylation sites (tertiary alicyclic amines) is 1. The Labute approximate surface area is 126 Å². The molecule has 0 saturated carbocycles. The van der Waals surface area contributed by atoms with E-state index in [2.05, 4.69) is 10.3 Å². The van der Waals surface area contributed by atoms with Gasteiger partial charge in [-0.1, -0.05) is 17.3 Å². The minimum Gasteiger partial charge on any atom is -0.365 e. The number of rotatable bonds is 2. The number of benzene rings is 1. The fraction of sp³-hybridized carbons (Fsp3) is 0.400. The van der Waals surface area contributed by atoms with Gasteiger partial charge in [-0.3, -0.25) is 4.79 Å². The van der Waals surface area contributed by atoms with E-state index < -0.39 is 0 Å². The molecule has 4 rings (SSSR count). The molecule has 2 saturated heterocycles. The van der Waals surface area contributed by atoms with Crippen LogP contribution in [-0.4, -0.2) is 51.1 Å². The van der Waals surface area contributed by atoms with Crippen molar-refractivity contribution in [1.82, 2.24) is 19.9 Å². The number of carbonyl (C=O) groups excluding carboxylic acids is 1. The molecule has 114 valence electrons. The highest BCUT2D eigenvalue weighted by atomic mass is 19.1. The fourth-order valence-corrected chi connectivity index (χ4v) is 2.97. The molecule has 22 heavy (non-hydrogen) atoms. The molecule has 0 unspecified atom stereocenters. The van der Waals surface area contributed by atoms with Gasteiger partial charge >= 0.3 is 0 Å². The molecule has 1 aromatic heterocycles. The third-order valence-corrected chi connectivity index (χ3v) is 4.22. The second kappa shape index (κ2) is 4.88. The average molecular weight is 302 g/mol. The lowest BCUT2D eigenvalue weighted by molar-refractivity contribution is -0.130. The molecule has 6 nitrogen and oxygen atoms in total. The Morgan fingerprint density at radius 1 is 1.41 bits per heavy atom. The van der Waals surface area contributed by atoms with E-state index >= 15 is 0 Å². The summed E-state index contributed by atoms with van der Waals surface area (Å²) in [6.07, 6.45) is 1.95. The molecule has 0 spiro atoms. The van der Waals surface area contributed by atoms with Crippen molar-refractivity contribution in [3.63, 3.8) is 0 Å². The van der Waals surface area contributed by atoms with Crippen LogP contribution in [0.3, 0.4) is 0 Å². The molecule has 0 N–H and O–H groups in total. The molecule has 2 fully saturated rings. The number of fused-ring (bicyclic) bond motifs is 1. The highest BCUT2D eigenvalue weighted by Crippen LogP contribution is 2.38. The third kappa shape index (κ3) is 2.27. The molecular weight excluding hydrogens is 287 g/mol. The molecule has 2 aromatic rings. The number of carbonyl (C=O) groups is 1. The topological polar surface area (TPSA) is 63.6 Å². The van der Waals surface area contributed by atoms with Crippen LogP contribution in [0.25, 0.3) is 11.3 Å². The quantitative estimate of drug-likeness (QED) is 0.783. The van der Waals surface area contributed by atoms with Crippen LogP contribution in [0.15, 0.2) is 30.5 Å². The van der Waals surface area contributed by atoms with Crippen LogP contribution in [0, 0.1) is 5.82 Å². The zero-order valence-corrected chi connectivity index (χ0v) is 12.0. The van der Waals surface area contributed by atoms with Crippen molar-refractivity contribution in [2.24, 2.45) is 0 Å². The number of ether oxygens (including phenoxy) is 1. The summed E-state index contributed by atoms with van der Waals surface area (Å²) < 4.78 is 20.6. The van der Waals surface area contributed by atoms with E-state index in [4.69, 9.17) is 4.74 Å². The van der Waals surface area contributed by atoms with Crippen LogP contribution in [0.4, 0.5) is 4.39 Å². The highest BCUT2D eigenvalue weighted by molar-refractivity contribution is 5.73. The van der Waals surface area contributed by atoms with Crippen molar-refractivity contribution in [1.29, 1.82) is 0 Å². The second-order valence-corrected chi connectivity index (χ2v) is 5.72. The van der Waals surface area contributed by atoms with Crippen LogP contribution in [-0.2, 0) is 9.53 Å². The minimum atomic E-state index is -0.307. The Kier molecular flexibility index (Phi) is 2.97. The van der Waals surface area contributed by atoms with E-state index in [0.29, 0.717) is 24.3 Å². The normalized spacial score (nSPS) is 26.6. The molecule has 0 radical (unpaired) electrons. The summed E-state index contributed by atoms with van der Waals surface area (Å²) in [7, 11) is 0. The number of halogens is 1. The Balaban J connectivity index is 1.60. The molecule has 0 bridgehead atoms. The van der Waals surface area contributed by atoms with Crippen LogP contribution in [0.1, 0.15) is 13.0 Å². The van der Waals surface area contributed by atoms with Gasteiger partial charge in [-0.2, -0.15) is 0 Å². The molecular formula is C15H15FN4O2. The number of epoxide rings is 1. The molecule has 2 aliphatic heterocycles. The maximum absolute atomic E-state index is 13.3.